The van der Waals surface area contributed by atoms with Gasteiger partial charge < -0.3 is 0 Å². The minimum Gasteiger partial charge on any atom is -0.130 e. The molecule has 0 amide bonds. The van der Waals surface area contributed by atoms with Crippen LogP contribution in [0, 0.1) is 0 Å². The predicted octanol–water partition coefficient (Wildman–Crippen LogP) is 4.02. The summed E-state index contributed by atoms with van der Waals surface area (Å²) in [6.07, 6.45) is 9.94. The van der Waals surface area contributed by atoms with Gasteiger partial charge in [0.25, 0.3) is 0 Å². The van der Waals surface area contributed by atoms with E-state index in [1.165, 1.54) is 4.91 Å². The third-order valence-corrected chi connectivity index (χ3v) is 1.66. The molecular formula is C10H18S. The van der Waals surface area contributed by atoms with Crippen LogP contribution < -0.4 is 0 Å². The third kappa shape index (κ3) is 9.57. The summed E-state index contributed by atoms with van der Waals surface area (Å²) in [5.41, 5.74) is 0. The molecule has 0 saturated carbocycles. The second-order valence-corrected chi connectivity index (χ2v) is 2.38. The van der Waals surface area contributed by atoms with Gasteiger partial charge in [0, 0.05) is 4.91 Å². The van der Waals surface area contributed by atoms with E-state index in [2.05, 4.69) is 6.58 Å². The molecular weight excluding hydrogens is 152 g/mol. The maximum absolute atomic E-state index is 3.66. The first-order valence-electron chi connectivity index (χ1n) is 3.84. The van der Waals surface area contributed by atoms with Gasteiger partial charge >= 0.3 is 0 Å². The summed E-state index contributed by atoms with van der Waals surface area (Å²) in [6, 6.07) is 0. The molecule has 0 aromatic carbocycles. The Balaban J connectivity index is 0. The van der Waals surface area contributed by atoms with Gasteiger partial charge in [0.2, 0.25) is 0 Å². The monoisotopic (exact) mass is 170 g/mol. The van der Waals surface area contributed by atoms with Gasteiger partial charge in [-0.05, 0) is 19.3 Å². The molecule has 64 valence electrons. The zero-order chi connectivity index (χ0) is 9.11. The van der Waals surface area contributed by atoms with E-state index >= 15 is 0 Å². The van der Waals surface area contributed by atoms with Gasteiger partial charge in [-0.3, -0.25) is 0 Å². The van der Waals surface area contributed by atoms with Gasteiger partial charge in [0.15, 0.2) is 0 Å². The van der Waals surface area contributed by atoms with E-state index in [0.29, 0.717) is 0 Å². The van der Waals surface area contributed by atoms with E-state index < -0.39 is 0 Å². The molecule has 0 nitrogen and oxygen atoms in total. The van der Waals surface area contributed by atoms with Crippen LogP contribution in [0.4, 0.5) is 0 Å². The number of rotatable bonds is 3. The summed E-state index contributed by atoms with van der Waals surface area (Å²) in [4.78, 5) is 1.20. The molecule has 1 heteroatoms. The van der Waals surface area contributed by atoms with E-state index in [1.54, 1.807) is 11.8 Å². The van der Waals surface area contributed by atoms with Crippen LogP contribution in [0.25, 0.3) is 0 Å². The smallest absolute Gasteiger partial charge is 0.00631 e. The molecule has 0 rings (SSSR count). The lowest BCUT2D eigenvalue weighted by molar-refractivity contribution is 1.50. The molecule has 0 aliphatic carbocycles. The Bertz CT molecular complexity index is 132. The second-order valence-electron chi connectivity index (χ2n) is 1.50. The second kappa shape index (κ2) is 12.3. The maximum atomic E-state index is 3.66. The minimum absolute atomic E-state index is 1.20. The largest absolute Gasteiger partial charge is 0.130 e. The van der Waals surface area contributed by atoms with Crippen molar-refractivity contribution in [1.82, 2.24) is 0 Å². The van der Waals surface area contributed by atoms with Crippen molar-refractivity contribution >= 4 is 11.8 Å². The highest BCUT2D eigenvalue weighted by molar-refractivity contribution is 8.02. The Morgan fingerprint density at radius 3 is 2.18 bits per heavy atom. The van der Waals surface area contributed by atoms with E-state index in [4.69, 9.17) is 0 Å². The van der Waals surface area contributed by atoms with Gasteiger partial charge in [-0.1, -0.05) is 38.7 Å². The average molecular weight is 170 g/mol. The summed E-state index contributed by atoms with van der Waals surface area (Å²) < 4.78 is 0. The van der Waals surface area contributed by atoms with Crippen LogP contribution in [0.5, 0.6) is 0 Å². The van der Waals surface area contributed by atoms with Crippen molar-refractivity contribution in [2.75, 3.05) is 6.26 Å². The van der Waals surface area contributed by atoms with Crippen LogP contribution in [-0.2, 0) is 0 Å². The van der Waals surface area contributed by atoms with Crippen LogP contribution >= 0.6 is 11.8 Å². The standard InChI is InChI=1S/C8H12S.C2H6/c1-4-6-7-8(5-2)9-3;1-2/h4-7H,2H2,1,3H3;1-2H3/b6-4-,8-7+;. The van der Waals surface area contributed by atoms with Crippen molar-refractivity contribution in [3.05, 3.63) is 35.8 Å². The lowest BCUT2D eigenvalue weighted by Crippen LogP contribution is -1.62. The normalized spacial score (nSPS) is 10.7. The molecule has 0 saturated heterocycles. The van der Waals surface area contributed by atoms with Crippen LogP contribution in [0.2, 0.25) is 0 Å². The van der Waals surface area contributed by atoms with Crippen molar-refractivity contribution < 1.29 is 0 Å². The van der Waals surface area contributed by atoms with Gasteiger partial charge in [-0.25, -0.2) is 0 Å². The molecule has 0 heterocycles. The van der Waals surface area contributed by atoms with Gasteiger partial charge in [0.1, 0.15) is 0 Å². The molecule has 0 spiro atoms. The van der Waals surface area contributed by atoms with Crippen molar-refractivity contribution in [2.45, 2.75) is 20.8 Å². The molecule has 11 heavy (non-hydrogen) atoms. The quantitative estimate of drug-likeness (QED) is 0.576. The molecule has 0 radical (unpaired) electrons. The molecule has 0 atom stereocenters. The van der Waals surface area contributed by atoms with E-state index in [0.717, 1.165) is 0 Å². The topological polar surface area (TPSA) is 0 Å². The zero-order valence-corrected chi connectivity index (χ0v) is 8.74. The average Bonchev–Trinajstić information content (AvgIpc) is 2.10. The van der Waals surface area contributed by atoms with Gasteiger partial charge in [-0.15, -0.1) is 11.8 Å². The molecule has 0 aromatic heterocycles. The highest BCUT2D eigenvalue weighted by Crippen LogP contribution is 2.11. The van der Waals surface area contributed by atoms with E-state index in [-0.39, 0.29) is 0 Å². The zero-order valence-electron chi connectivity index (χ0n) is 7.92. The van der Waals surface area contributed by atoms with Crippen LogP contribution in [-0.4, -0.2) is 6.26 Å². The summed E-state index contributed by atoms with van der Waals surface area (Å²) >= 11 is 1.70. The van der Waals surface area contributed by atoms with E-state index in [9.17, 15) is 0 Å². The summed E-state index contributed by atoms with van der Waals surface area (Å²) in [6.45, 7) is 9.66. The van der Waals surface area contributed by atoms with Crippen LogP contribution in [0.15, 0.2) is 35.8 Å². The lowest BCUT2D eigenvalue weighted by atomic mass is 10.4. The molecule has 0 N–H and O–H groups in total. The fraction of sp³-hybridized carbons (Fsp3) is 0.400. The Labute approximate surface area is 75.1 Å². The van der Waals surface area contributed by atoms with Crippen molar-refractivity contribution in [3.63, 3.8) is 0 Å². The third-order valence-electron chi connectivity index (χ3n) is 0.890. The highest BCUT2D eigenvalue weighted by Gasteiger charge is 1.80. The molecule has 0 aromatic rings. The minimum atomic E-state index is 1.20. The number of allylic oxidation sites excluding steroid dienone is 4. The van der Waals surface area contributed by atoms with E-state index in [1.807, 2.05) is 51.3 Å². The fourth-order valence-electron chi connectivity index (χ4n) is 0.410. The number of hydrogen-bond donors (Lipinski definition) is 0. The first kappa shape index (κ1) is 13.2. The van der Waals surface area contributed by atoms with Crippen molar-refractivity contribution in [1.29, 1.82) is 0 Å². The van der Waals surface area contributed by atoms with Gasteiger partial charge in [-0.2, -0.15) is 0 Å². The van der Waals surface area contributed by atoms with Crippen LogP contribution in [0.3, 0.4) is 0 Å². The first-order chi connectivity index (χ1) is 5.35. The molecule has 0 bridgehead atoms. The summed E-state index contributed by atoms with van der Waals surface area (Å²) in [5, 5.41) is 0. The van der Waals surface area contributed by atoms with Crippen LogP contribution in [0.1, 0.15) is 20.8 Å². The SMILES string of the molecule is C=C/C(=C\C=C/C)SC.CC. The Morgan fingerprint density at radius 1 is 1.36 bits per heavy atom. The molecule has 0 aliphatic heterocycles. The summed E-state index contributed by atoms with van der Waals surface area (Å²) in [7, 11) is 0. The Morgan fingerprint density at radius 2 is 1.91 bits per heavy atom. The first-order valence-corrected chi connectivity index (χ1v) is 5.07. The highest BCUT2D eigenvalue weighted by atomic mass is 32.2. The van der Waals surface area contributed by atoms with Crippen molar-refractivity contribution in [2.24, 2.45) is 0 Å². The molecule has 0 unspecified atom stereocenters. The number of thioether (sulfide) groups is 1. The summed E-state index contributed by atoms with van der Waals surface area (Å²) in [5.74, 6) is 0. The van der Waals surface area contributed by atoms with Gasteiger partial charge in [0.05, 0.1) is 0 Å². The predicted molar refractivity (Wildman–Crippen MR) is 58.0 cm³/mol. The van der Waals surface area contributed by atoms with Crippen molar-refractivity contribution in [3.8, 4) is 0 Å². The fourth-order valence-corrected chi connectivity index (χ4v) is 0.792. The Hall–Kier alpha value is -0.430. The maximum Gasteiger partial charge on any atom is 0.00631 e. The Kier molecular flexibility index (Phi) is 14.7. The lowest BCUT2D eigenvalue weighted by Gasteiger charge is -1.89. The molecule has 0 fully saturated rings. The molecule has 0 aliphatic rings. The number of hydrogen-bond acceptors (Lipinski definition) is 1.